The number of hydrogen-bond donors (Lipinski definition) is 2. The monoisotopic (exact) mass is 492 g/mol. The summed E-state index contributed by atoms with van der Waals surface area (Å²) < 4.78 is 0. The van der Waals surface area contributed by atoms with Gasteiger partial charge < -0.3 is 10.6 Å². The third-order valence-electron chi connectivity index (χ3n) is 3.53. The molecule has 0 saturated carbocycles. The normalized spacial score (nSPS) is 12.4. The predicted octanol–water partition coefficient (Wildman–Crippen LogP) is 4.39. The van der Waals surface area contributed by atoms with Crippen LogP contribution in [0.1, 0.15) is 24.3 Å². The average molecular weight is 493 g/mol. The average Bonchev–Trinajstić information content (AvgIpc) is 3.07. The van der Waals surface area contributed by atoms with Crippen molar-refractivity contribution in [1.29, 1.82) is 0 Å². The second-order valence-corrected chi connectivity index (χ2v) is 7.19. The molecule has 4 nitrogen and oxygen atoms in total. The Labute approximate surface area is 176 Å². The van der Waals surface area contributed by atoms with E-state index in [1.165, 1.54) is 4.88 Å². The van der Waals surface area contributed by atoms with Crippen LogP contribution in [-0.4, -0.2) is 30.6 Å². The molecule has 2 N–H and O–H groups in total. The second kappa shape index (κ2) is 12.5. The minimum atomic E-state index is 0. The number of aliphatic imine (C=N–C) groups is 1. The van der Waals surface area contributed by atoms with E-state index in [2.05, 4.69) is 47.0 Å². The third kappa shape index (κ3) is 8.87. The number of nitrogens with one attached hydrogen (secondary N) is 2. The van der Waals surface area contributed by atoms with Crippen molar-refractivity contribution in [2.45, 2.75) is 26.7 Å². The Morgan fingerprint density at radius 3 is 2.80 bits per heavy atom. The first-order valence-corrected chi connectivity index (χ1v) is 9.58. The Kier molecular flexibility index (Phi) is 11.1. The van der Waals surface area contributed by atoms with Crippen LogP contribution in [-0.2, 0) is 12.8 Å². The molecule has 1 unspecified atom stereocenters. The zero-order chi connectivity index (χ0) is 17.2. The van der Waals surface area contributed by atoms with Crippen LogP contribution < -0.4 is 10.6 Å². The molecule has 0 amide bonds. The summed E-state index contributed by atoms with van der Waals surface area (Å²) in [5.41, 5.74) is 1.16. The van der Waals surface area contributed by atoms with E-state index in [1.54, 1.807) is 0 Å². The number of guanidine groups is 1. The summed E-state index contributed by atoms with van der Waals surface area (Å²) in [4.78, 5) is 10.2. The lowest BCUT2D eigenvalue weighted by molar-refractivity contribution is 0.595. The molecule has 0 aliphatic carbocycles. The Bertz CT molecular complexity index is 617. The van der Waals surface area contributed by atoms with Crippen molar-refractivity contribution in [3.8, 4) is 0 Å². The number of nitrogens with zero attached hydrogens (tertiary/aromatic N) is 2. The largest absolute Gasteiger partial charge is 0.357 e. The number of thiophene rings is 1. The van der Waals surface area contributed by atoms with Crippen molar-refractivity contribution in [1.82, 2.24) is 15.6 Å². The van der Waals surface area contributed by atoms with Gasteiger partial charge in [-0.2, -0.15) is 0 Å². The van der Waals surface area contributed by atoms with Gasteiger partial charge in [0.1, 0.15) is 5.15 Å². The molecule has 25 heavy (non-hydrogen) atoms. The van der Waals surface area contributed by atoms with Crippen LogP contribution in [0.4, 0.5) is 0 Å². The van der Waals surface area contributed by atoms with Gasteiger partial charge >= 0.3 is 0 Å². The maximum Gasteiger partial charge on any atom is 0.191 e. The fraction of sp³-hybridized carbons (Fsp3) is 0.444. The number of rotatable bonds is 8. The Balaban J connectivity index is 0.00000312. The van der Waals surface area contributed by atoms with Crippen LogP contribution in [0, 0.1) is 5.92 Å². The predicted molar refractivity (Wildman–Crippen MR) is 120 cm³/mol. The van der Waals surface area contributed by atoms with E-state index in [0.717, 1.165) is 44.0 Å². The van der Waals surface area contributed by atoms with E-state index < -0.39 is 0 Å². The number of hydrogen-bond acceptors (Lipinski definition) is 3. The lowest BCUT2D eigenvalue weighted by Gasteiger charge is -2.13. The molecule has 0 radical (unpaired) electrons. The molecule has 7 heteroatoms. The van der Waals surface area contributed by atoms with Crippen LogP contribution in [0.25, 0.3) is 0 Å². The minimum absolute atomic E-state index is 0. The molecule has 138 valence electrons. The number of pyridine rings is 1. The highest BCUT2D eigenvalue weighted by atomic mass is 127. The van der Waals surface area contributed by atoms with Gasteiger partial charge in [-0.15, -0.1) is 35.3 Å². The van der Waals surface area contributed by atoms with Crippen molar-refractivity contribution in [3.05, 3.63) is 51.4 Å². The van der Waals surface area contributed by atoms with Crippen LogP contribution >= 0.6 is 46.9 Å². The summed E-state index contributed by atoms with van der Waals surface area (Å²) in [5.74, 6) is 1.40. The zero-order valence-electron chi connectivity index (χ0n) is 14.7. The smallest absolute Gasteiger partial charge is 0.191 e. The van der Waals surface area contributed by atoms with Crippen molar-refractivity contribution < 1.29 is 0 Å². The van der Waals surface area contributed by atoms with Gasteiger partial charge in [-0.1, -0.05) is 30.7 Å². The minimum Gasteiger partial charge on any atom is -0.357 e. The summed E-state index contributed by atoms with van der Waals surface area (Å²) in [7, 11) is 0. The van der Waals surface area contributed by atoms with Crippen molar-refractivity contribution in [2.75, 3.05) is 19.6 Å². The fourth-order valence-corrected chi connectivity index (χ4v) is 3.29. The quantitative estimate of drug-likeness (QED) is 0.249. The molecule has 2 heterocycles. The first-order chi connectivity index (χ1) is 11.7. The summed E-state index contributed by atoms with van der Waals surface area (Å²) in [6.45, 7) is 6.80. The summed E-state index contributed by atoms with van der Waals surface area (Å²) in [6, 6.07) is 8.12. The van der Waals surface area contributed by atoms with Gasteiger partial charge in [-0.05, 0) is 48.8 Å². The van der Waals surface area contributed by atoms with Crippen LogP contribution in [0.5, 0.6) is 0 Å². The standard InChI is InChI=1S/C18H25ClN4S.HI/c1-3-20-18(21-9-8-15-6-7-17(19)22-13-15)23-12-14(2)11-16-5-4-10-24-16;/h4-7,10,13-14H,3,8-9,11-12H2,1-2H3,(H2,20,21,23);1H. The van der Waals surface area contributed by atoms with Gasteiger partial charge in [0, 0.05) is 30.7 Å². The van der Waals surface area contributed by atoms with Gasteiger partial charge in [0.2, 0.25) is 0 Å². The Morgan fingerprint density at radius 2 is 2.16 bits per heavy atom. The Hall–Kier alpha value is -0.860. The summed E-state index contributed by atoms with van der Waals surface area (Å²) in [6.07, 6.45) is 3.79. The third-order valence-corrected chi connectivity index (χ3v) is 4.65. The topological polar surface area (TPSA) is 49.3 Å². The molecule has 0 fully saturated rings. The maximum absolute atomic E-state index is 5.80. The van der Waals surface area contributed by atoms with Crippen LogP contribution in [0.3, 0.4) is 0 Å². The number of aromatic nitrogens is 1. The van der Waals surface area contributed by atoms with E-state index in [0.29, 0.717) is 11.1 Å². The fourth-order valence-electron chi connectivity index (χ4n) is 2.31. The second-order valence-electron chi connectivity index (χ2n) is 5.77. The van der Waals surface area contributed by atoms with Gasteiger partial charge in [0.05, 0.1) is 0 Å². The summed E-state index contributed by atoms with van der Waals surface area (Å²) >= 11 is 7.62. The molecule has 1 atom stereocenters. The zero-order valence-corrected chi connectivity index (χ0v) is 18.6. The highest BCUT2D eigenvalue weighted by Gasteiger charge is 2.05. The van der Waals surface area contributed by atoms with Gasteiger partial charge in [-0.3, -0.25) is 4.99 Å². The summed E-state index contributed by atoms with van der Waals surface area (Å²) in [5, 5.41) is 9.33. The van der Waals surface area contributed by atoms with Gasteiger partial charge in [0.25, 0.3) is 0 Å². The van der Waals surface area contributed by atoms with Crippen molar-refractivity contribution >= 4 is 52.9 Å². The van der Waals surface area contributed by atoms with Gasteiger partial charge in [0.15, 0.2) is 5.96 Å². The molecule has 0 spiro atoms. The lowest BCUT2D eigenvalue weighted by Crippen LogP contribution is -2.38. The molecular formula is C18H26ClIN4S. The molecule has 2 aromatic rings. The van der Waals surface area contributed by atoms with E-state index in [-0.39, 0.29) is 24.0 Å². The lowest BCUT2D eigenvalue weighted by atomic mass is 10.1. The molecule has 0 aromatic carbocycles. The number of halogens is 2. The van der Waals surface area contributed by atoms with Crippen LogP contribution in [0.15, 0.2) is 40.8 Å². The molecule has 2 rings (SSSR count). The molecule has 2 aromatic heterocycles. The van der Waals surface area contributed by atoms with E-state index >= 15 is 0 Å². The highest BCUT2D eigenvalue weighted by Crippen LogP contribution is 2.14. The first-order valence-electron chi connectivity index (χ1n) is 8.32. The highest BCUT2D eigenvalue weighted by molar-refractivity contribution is 14.0. The van der Waals surface area contributed by atoms with Gasteiger partial charge in [-0.25, -0.2) is 4.98 Å². The van der Waals surface area contributed by atoms with E-state index in [1.807, 2.05) is 29.7 Å². The van der Waals surface area contributed by atoms with Crippen molar-refractivity contribution in [3.63, 3.8) is 0 Å². The molecule has 0 saturated heterocycles. The Morgan fingerprint density at radius 1 is 1.32 bits per heavy atom. The molecular weight excluding hydrogens is 467 g/mol. The SMILES string of the molecule is CCNC(=NCC(C)Cc1cccs1)NCCc1ccc(Cl)nc1.I. The maximum atomic E-state index is 5.80. The van der Waals surface area contributed by atoms with E-state index in [9.17, 15) is 0 Å². The molecule has 0 aliphatic rings. The van der Waals surface area contributed by atoms with Crippen molar-refractivity contribution in [2.24, 2.45) is 10.9 Å². The molecule has 0 bridgehead atoms. The van der Waals surface area contributed by atoms with E-state index in [4.69, 9.17) is 16.6 Å². The van der Waals surface area contributed by atoms with Crippen LogP contribution in [0.2, 0.25) is 5.15 Å². The molecule has 0 aliphatic heterocycles. The first kappa shape index (κ1) is 22.2.